The summed E-state index contributed by atoms with van der Waals surface area (Å²) in [5.41, 5.74) is 1.81. The van der Waals surface area contributed by atoms with Gasteiger partial charge in [0.1, 0.15) is 6.54 Å². The van der Waals surface area contributed by atoms with Crippen LogP contribution in [0.1, 0.15) is 19.4 Å². The van der Waals surface area contributed by atoms with Crippen molar-refractivity contribution in [2.45, 2.75) is 26.6 Å². The Labute approximate surface area is 110 Å². The number of carbonyl (C=O) groups is 1. The summed E-state index contributed by atoms with van der Waals surface area (Å²) in [4.78, 5) is 11.6. The lowest BCUT2D eigenvalue weighted by atomic mass is 10.2. The van der Waals surface area contributed by atoms with E-state index in [9.17, 15) is 4.79 Å². The number of nitrogens with zero attached hydrogens (tertiary/aromatic N) is 1. The number of quaternary nitrogens is 1. The van der Waals surface area contributed by atoms with Crippen molar-refractivity contribution in [1.29, 1.82) is 0 Å². The van der Waals surface area contributed by atoms with Gasteiger partial charge < -0.3 is 9.80 Å². The molecule has 0 radical (unpaired) electrons. The molecule has 98 valence electrons. The molecule has 1 atom stereocenters. The Morgan fingerprint density at radius 3 is 2.39 bits per heavy atom. The Hall–Kier alpha value is -1.61. The third-order valence-corrected chi connectivity index (χ3v) is 3.21. The molecule has 0 aliphatic rings. The highest BCUT2D eigenvalue weighted by atomic mass is 16.1. The van der Waals surface area contributed by atoms with Crippen LogP contribution in [0.4, 0.5) is 0 Å². The molecule has 0 heterocycles. The molecule has 0 spiro atoms. The van der Waals surface area contributed by atoms with Crippen molar-refractivity contribution >= 4 is 5.91 Å². The standard InChI is InChI=1S/C15H22N2O/c1-12(2)15(18)16-13(3)17(4,5)11-14-9-7-6-8-10-14/h6-10,13H,1,11H2,2-5H3/p+1. The van der Waals surface area contributed by atoms with Crippen LogP contribution in [-0.4, -0.2) is 30.7 Å². The highest BCUT2D eigenvalue weighted by molar-refractivity contribution is 5.92. The molecular formula is C15H23N2O+. The largest absolute Gasteiger partial charge is 0.305 e. The van der Waals surface area contributed by atoms with Gasteiger partial charge in [0.15, 0.2) is 6.17 Å². The summed E-state index contributed by atoms with van der Waals surface area (Å²) >= 11 is 0. The first-order chi connectivity index (χ1) is 8.33. The molecule has 3 heteroatoms. The van der Waals surface area contributed by atoms with E-state index in [1.807, 2.05) is 25.1 Å². The number of rotatable bonds is 5. The molecule has 0 fully saturated rings. The van der Waals surface area contributed by atoms with Gasteiger partial charge in [-0.25, -0.2) is 0 Å². The number of hydrogen-bond donors (Lipinski definition) is 1. The van der Waals surface area contributed by atoms with Gasteiger partial charge in [-0.05, 0) is 6.92 Å². The Kier molecular flexibility index (Phi) is 4.68. The van der Waals surface area contributed by atoms with E-state index < -0.39 is 0 Å². The number of carbonyl (C=O) groups excluding carboxylic acids is 1. The maximum atomic E-state index is 11.6. The third kappa shape index (κ3) is 4.00. The number of hydrogen-bond acceptors (Lipinski definition) is 1. The number of benzene rings is 1. The number of nitrogens with one attached hydrogen (secondary N) is 1. The zero-order chi connectivity index (χ0) is 13.8. The maximum Gasteiger partial charge on any atom is 0.250 e. The summed E-state index contributed by atoms with van der Waals surface area (Å²) in [5, 5.41) is 2.97. The lowest BCUT2D eigenvalue weighted by molar-refractivity contribution is -0.928. The van der Waals surface area contributed by atoms with E-state index in [1.165, 1.54) is 5.56 Å². The monoisotopic (exact) mass is 247 g/mol. The fraction of sp³-hybridized carbons (Fsp3) is 0.400. The second kappa shape index (κ2) is 5.83. The van der Waals surface area contributed by atoms with Crippen molar-refractivity contribution in [3.8, 4) is 0 Å². The zero-order valence-corrected chi connectivity index (χ0v) is 11.7. The highest BCUT2D eigenvalue weighted by Crippen LogP contribution is 2.12. The predicted molar refractivity (Wildman–Crippen MR) is 74.7 cm³/mol. The molecule has 18 heavy (non-hydrogen) atoms. The van der Waals surface area contributed by atoms with Gasteiger partial charge in [-0.1, -0.05) is 36.9 Å². The van der Waals surface area contributed by atoms with E-state index in [0.717, 1.165) is 6.54 Å². The van der Waals surface area contributed by atoms with Crippen LogP contribution in [0, 0.1) is 0 Å². The summed E-state index contributed by atoms with van der Waals surface area (Å²) < 4.78 is 0.697. The molecule has 0 aliphatic carbocycles. The van der Waals surface area contributed by atoms with E-state index in [-0.39, 0.29) is 12.1 Å². The van der Waals surface area contributed by atoms with Gasteiger partial charge in [0.25, 0.3) is 5.91 Å². The van der Waals surface area contributed by atoms with Crippen molar-refractivity contribution in [3.05, 3.63) is 48.0 Å². The SMILES string of the molecule is C=C(C)C(=O)NC(C)[N+](C)(C)Cc1ccccc1. The number of amides is 1. The Morgan fingerprint density at radius 2 is 1.89 bits per heavy atom. The average Bonchev–Trinajstić information content (AvgIpc) is 2.29. The molecule has 1 aromatic rings. The summed E-state index contributed by atoms with van der Waals surface area (Å²) in [6, 6.07) is 10.3. The molecule has 0 bridgehead atoms. The van der Waals surface area contributed by atoms with Crippen molar-refractivity contribution in [2.75, 3.05) is 14.1 Å². The summed E-state index contributed by atoms with van der Waals surface area (Å²) in [7, 11) is 4.22. The van der Waals surface area contributed by atoms with Gasteiger partial charge in [0.05, 0.1) is 14.1 Å². The second-order valence-corrected chi connectivity index (χ2v) is 5.35. The summed E-state index contributed by atoms with van der Waals surface area (Å²) in [5.74, 6) is -0.0817. The van der Waals surface area contributed by atoms with E-state index in [4.69, 9.17) is 0 Å². The van der Waals surface area contributed by atoms with Crippen LogP contribution in [0.3, 0.4) is 0 Å². The quantitative estimate of drug-likeness (QED) is 0.483. The fourth-order valence-electron chi connectivity index (χ4n) is 1.68. The smallest absolute Gasteiger partial charge is 0.250 e. The molecule has 1 unspecified atom stereocenters. The van der Waals surface area contributed by atoms with E-state index >= 15 is 0 Å². The van der Waals surface area contributed by atoms with Gasteiger partial charge in [-0.2, -0.15) is 0 Å². The molecular weight excluding hydrogens is 224 g/mol. The van der Waals surface area contributed by atoms with Crippen LogP contribution in [0.2, 0.25) is 0 Å². The van der Waals surface area contributed by atoms with Crippen LogP contribution in [0.5, 0.6) is 0 Å². The van der Waals surface area contributed by atoms with Crippen molar-refractivity contribution in [3.63, 3.8) is 0 Å². The van der Waals surface area contributed by atoms with E-state index in [1.54, 1.807) is 6.92 Å². The highest BCUT2D eigenvalue weighted by Gasteiger charge is 2.25. The first-order valence-corrected chi connectivity index (χ1v) is 6.16. The van der Waals surface area contributed by atoms with Gasteiger partial charge in [-0.15, -0.1) is 0 Å². The third-order valence-electron chi connectivity index (χ3n) is 3.21. The molecule has 3 nitrogen and oxygen atoms in total. The molecule has 1 rings (SSSR count). The first-order valence-electron chi connectivity index (χ1n) is 6.16. The fourth-order valence-corrected chi connectivity index (χ4v) is 1.68. The van der Waals surface area contributed by atoms with E-state index in [2.05, 4.69) is 38.1 Å². The van der Waals surface area contributed by atoms with Gasteiger partial charge in [-0.3, -0.25) is 4.79 Å². The van der Waals surface area contributed by atoms with Crippen LogP contribution in [0.25, 0.3) is 0 Å². The average molecular weight is 247 g/mol. The Morgan fingerprint density at radius 1 is 1.33 bits per heavy atom. The van der Waals surface area contributed by atoms with Crippen LogP contribution >= 0.6 is 0 Å². The van der Waals surface area contributed by atoms with Gasteiger partial charge in [0.2, 0.25) is 0 Å². The van der Waals surface area contributed by atoms with Crippen LogP contribution in [0.15, 0.2) is 42.5 Å². The lowest BCUT2D eigenvalue weighted by Gasteiger charge is -2.36. The predicted octanol–water partition coefficient (Wildman–Crippen LogP) is 2.30. The van der Waals surface area contributed by atoms with Crippen molar-refractivity contribution < 1.29 is 9.28 Å². The van der Waals surface area contributed by atoms with E-state index in [0.29, 0.717) is 10.1 Å². The van der Waals surface area contributed by atoms with Gasteiger partial charge >= 0.3 is 0 Å². The molecule has 1 N–H and O–H groups in total. The van der Waals surface area contributed by atoms with Gasteiger partial charge in [0, 0.05) is 18.1 Å². The molecule has 1 aromatic carbocycles. The molecule has 0 saturated carbocycles. The van der Waals surface area contributed by atoms with Crippen molar-refractivity contribution in [1.82, 2.24) is 5.32 Å². The molecule has 1 amide bonds. The minimum atomic E-state index is -0.0817. The normalized spacial score (nSPS) is 12.9. The lowest BCUT2D eigenvalue weighted by Crippen LogP contribution is -2.55. The summed E-state index contributed by atoms with van der Waals surface area (Å²) in [6.45, 7) is 8.27. The Bertz CT molecular complexity index is 423. The Balaban J connectivity index is 2.68. The van der Waals surface area contributed by atoms with Crippen molar-refractivity contribution in [2.24, 2.45) is 0 Å². The molecule has 0 aromatic heterocycles. The molecule has 0 saturated heterocycles. The topological polar surface area (TPSA) is 29.1 Å². The minimum Gasteiger partial charge on any atom is -0.305 e. The molecule has 0 aliphatic heterocycles. The zero-order valence-electron chi connectivity index (χ0n) is 11.7. The van der Waals surface area contributed by atoms with Crippen LogP contribution < -0.4 is 5.32 Å². The minimum absolute atomic E-state index is 0.0365. The second-order valence-electron chi connectivity index (χ2n) is 5.35. The first kappa shape index (κ1) is 14.5. The van der Waals surface area contributed by atoms with Crippen LogP contribution in [-0.2, 0) is 11.3 Å². The maximum absolute atomic E-state index is 11.6. The summed E-state index contributed by atoms with van der Waals surface area (Å²) in [6.07, 6.45) is 0.0365.